The minimum atomic E-state index is 0.0324. The third kappa shape index (κ3) is 6.34. The van der Waals surface area contributed by atoms with Crippen molar-refractivity contribution in [2.24, 2.45) is 0 Å². The number of aryl methyl sites for hydroxylation is 2. The van der Waals surface area contributed by atoms with Gasteiger partial charge in [-0.1, -0.05) is 60.7 Å². The van der Waals surface area contributed by atoms with Gasteiger partial charge in [0.2, 0.25) is 0 Å². The van der Waals surface area contributed by atoms with Gasteiger partial charge < -0.3 is 0 Å². The molecular weight excluding hydrogens is 360 g/mol. The van der Waals surface area contributed by atoms with E-state index in [2.05, 4.69) is 98.8 Å². The zero-order valence-corrected chi connectivity index (χ0v) is 18.0. The predicted molar refractivity (Wildman–Crippen MR) is 113 cm³/mol. The SMILES string of the molecule is CC1=[C]([Ti][C]2=C(C)C=CC2)CC=C1.c1ccc(CCc2ccccc2)cc1. The van der Waals surface area contributed by atoms with Gasteiger partial charge in [-0.15, -0.1) is 0 Å². The van der Waals surface area contributed by atoms with Gasteiger partial charge in [-0.05, 0) is 24.0 Å². The van der Waals surface area contributed by atoms with Crippen LogP contribution in [0.15, 0.2) is 104 Å². The average molecular weight is 388 g/mol. The Labute approximate surface area is 173 Å². The topological polar surface area (TPSA) is 0 Å². The number of hydrogen-bond donors (Lipinski definition) is 0. The first kappa shape index (κ1) is 19.9. The quantitative estimate of drug-likeness (QED) is 0.483. The van der Waals surface area contributed by atoms with E-state index in [4.69, 9.17) is 0 Å². The van der Waals surface area contributed by atoms with Crippen molar-refractivity contribution in [3.05, 3.63) is 115 Å². The Morgan fingerprint density at radius 2 is 1.04 bits per heavy atom. The Kier molecular flexibility index (Phi) is 7.69. The summed E-state index contributed by atoms with van der Waals surface area (Å²) in [6.07, 6.45) is 13.9. The van der Waals surface area contributed by atoms with E-state index in [-0.39, 0.29) is 19.2 Å². The van der Waals surface area contributed by atoms with Gasteiger partial charge in [0.1, 0.15) is 0 Å². The fraction of sp³-hybridized carbons (Fsp3) is 0.231. The Morgan fingerprint density at radius 3 is 1.37 bits per heavy atom. The van der Waals surface area contributed by atoms with E-state index < -0.39 is 0 Å². The first-order chi connectivity index (χ1) is 13.2. The molecule has 2 aromatic carbocycles. The molecular formula is C26H28Ti. The molecule has 2 aliphatic carbocycles. The molecule has 136 valence electrons. The standard InChI is InChI=1S/C14H14.2C6H7.Ti/c1-3-7-13(8-4-1)11-12-14-9-5-2-6-10-14;2*1-6-4-2-3-5-6;/h1-10H,11-12H2;2*2,4H,3H2,1H3;. The van der Waals surface area contributed by atoms with E-state index in [9.17, 15) is 0 Å². The summed E-state index contributed by atoms with van der Waals surface area (Å²) in [5.41, 5.74) is 5.90. The smallest absolute Gasteiger partial charge is 0.0238 e. The number of benzene rings is 2. The third-order valence-electron chi connectivity index (χ3n) is 5.02. The molecule has 0 aliphatic heterocycles. The Bertz CT molecular complexity index is 778. The van der Waals surface area contributed by atoms with Gasteiger partial charge in [0, 0.05) is 0 Å². The van der Waals surface area contributed by atoms with Crippen molar-refractivity contribution in [1.82, 2.24) is 0 Å². The molecule has 0 bridgehead atoms. The molecule has 27 heavy (non-hydrogen) atoms. The molecule has 2 aliphatic rings. The van der Waals surface area contributed by atoms with Gasteiger partial charge in [-0.3, -0.25) is 0 Å². The predicted octanol–water partition coefficient (Wildman–Crippen LogP) is 7.01. The third-order valence-corrected chi connectivity index (χ3v) is 7.83. The molecule has 0 amide bonds. The molecule has 0 atom stereocenters. The summed E-state index contributed by atoms with van der Waals surface area (Å²) < 4.78 is 3.47. The molecule has 0 heterocycles. The van der Waals surface area contributed by atoms with Crippen molar-refractivity contribution >= 4 is 0 Å². The molecule has 4 rings (SSSR count). The molecule has 0 unspecified atom stereocenters. The minimum Gasteiger partial charge on any atom is -0.0622 e. The van der Waals surface area contributed by atoms with Gasteiger partial charge in [0.15, 0.2) is 0 Å². The van der Waals surface area contributed by atoms with E-state index in [1.165, 1.54) is 35.1 Å². The molecule has 0 saturated heterocycles. The molecule has 1 heteroatoms. The van der Waals surface area contributed by atoms with Crippen LogP contribution in [0.25, 0.3) is 0 Å². The van der Waals surface area contributed by atoms with Crippen molar-refractivity contribution in [2.45, 2.75) is 39.5 Å². The second kappa shape index (κ2) is 10.4. The monoisotopic (exact) mass is 388 g/mol. The molecule has 0 aromatic heterocycles. The van der Waals surface area contributed by atoms with Crippen molar-refractivity contribution in [3.8, 4) is 0 Å². The second-order valence-corrected chi connectivity index (χ2v) is 9.41. The summed E-state index contributed by atoms with van der Waals surface area (Å²) in [7, 11) is 0. The Balaban J connectivity index is 0.000000156. The van der Waals surface area contributed by atoms with Crippen LogP contribution in [-0.4, -0.2) is 0 Å². The van der Waals surface area contributed by atoms with Crippen LogP contribution in [0.1, 0.15) is 37.8 Å². The summed E-state index contributed by atoms with van der Waals surface area (Å²) in [6.45, 7) is 4.50. The molecule has 0 N–H and O–H groups in total. The Morgan fingerprint density at radius 1 is 0.630 bits per heavy atom. The summed E-state index contributed by atoms with van der Waals surface area (Å²) >= 11 is 0.0324. The largest absolute Gasteiger partial charge is 0.0622 e. The van der Waals surface area contributed by atoms with Gasteiger partial charge in [0.25, 0.3) is 0 Å². The minimum absolute atomic E-state index is 0.0324. The second-order valence-electron chi connectivity index (χ2n) is 7.13. The van der Waals surface area contributed by atoms with Crippen molar-refractivity contribution in [2.75, 3.05) is 0 Å². The van der Waals surface area contributed by atoms with E-state index in [1.807, 2.05) is 0 Å². The molecule has 0 spiro atoms. The van der Waals surface area contributed by atoms with E-state index in [0.29, 0.717) is 0 Å². The van der Waals surface area contributed by atoms with E-state index in [1.54, 1.807) is 7.76 Å². The maximum atomic E-state index is 2.30. The maximum Gasteiger partial charge on any atom is -0.0238 e. The van der Waals surface area contributed by atoms with Gasteiger partial charge in [-0.2, -0.15) is 0 Å². The summed E-state index contributed by atoms with van der Waals surface area (Å²) in [5.74, 6) is 0. The normalized spacial score (nSPS) is 15.2. The van der Waals surface area contributed by atoms with Gasteiger partial charge >= 0.3 is 89.0 Å². The zero-order chi connectivity index (χ0) is 18.9. The number of allylic oxidation sites excluding steroid dienone is 8. The molecule has 0 radical (unpaired) electrons. The number of hydrogen-bond acceptors (Lipinski definition) is 0. The fourth-order valence-corrected chi connectivity index (χ4v) is 5.42. The van der Waals surface area contributed by atoms with Crippen molar-refractivity contribution < 1.29 is 19.2 Å². The maximum absolute atomic E-state index is 2.30. The number of rotatable bonds is 5. The van der Waals surface area contributed by atoms with Crippen LogP contribution in [0.2, 0.25) is 0 Å². The summed E-state index contributed by atoms with van der Waals surface area (Å²) in [5, 5.41) is 0. The van der Waals surface area contributed by atoms with Crippen LogP contribution < -0.4 is 0 Å². The van der Waals surface area contributed by atoms with Crippen LogP contribution in [0.4, 0.5) is 0 Å². The first-order valence-corrected chi connectivity index (χ1v) is 11.4. The zero-order valence-electron chi connectivity index (χ0n) is 16.4. The van der Waals surface area contributed by atoms with Crippen LogP contribution in [0.3, 0.4) is 0 Å². The van der Waals surface area contributed by atoms with Crippen LogP contribution in [0.5, 0.6) is 0 Å². The Hall–Kier alpha value is -1.89. The molecule has 0 nitrogen and oxygen atoms in total. The first-order valence-electron chi connectivity index (χ1n) is 9.80. The van der Waals surface area contributed by atoms with E-state index in [0.717, 1.165) is 12.8 Å². The van der Waals surface area contributed by atoms with E-state index >= 15 is 0 Å². The molecule has 2 aromatic rings. The average Bonchev–Trinajstić information content (AvgIpc) is 3.31. The van der Waals surface area contributed by atoms with Crippen molar-refractivity contribution in [1.29, 1.82) is 0 Å². The fourth-order valence-electron chi connectivity index (χ4n) is 3.29. The summed E-state index contributed by atoms with van der Waals surface area (Å²) in [4.78, 5) is 0. The van der Waals surface area contributed by atoms with Gasteiger partial charge in [-0.25, -0.2) is 0 Å². The molecule has 0 fully saturated rings. The van der Waals surface area contributed by atoms with Crippen LogP contribution in [-0.2, 0) is 32.0 Å². The van der Waals surface area contributed by atoms with Crippen molar-refractivity contribution in [3.63, 3.8) is 0 Å². The van der Waals surface area contributed by atoms with Crippen LogP contribution in [0, 0.1) is 0 Å². The summed E-state index contributed by atoms with van der Waals surface area (Å²) in [6, 6.07) is 21.2. The molecule has 0 saturated carbocycles. The van der Waals surface area contributed by atoms with Gasteiger partial charge in [0.05, 0.1) is 0 Å². The van der Waals surface area contributed by atoms with Crippen LogP contribution >= 0.6 is 0 Å².